The molecule has 0 radical (unpaired) electrons. The van der Waals surface area contributed by atoms with E-state index in [-0.39, 0.29) is 0 Å². The van der Waals surface area contributed by atoms with Crippen molar-refractivity contribution in [2.75, 3.05) is 13.6 Å². The van der Waals surface area contributed by atoms with E-state index in [0.717, 1.165) is 18.7 Å². The minimum absolute atomic E-state index is 0.422. The predicted octanol–water partition coefficient (Wildman–Crippen LogP) is 2.34. The molecular weight excluding hydrogens is 231 g/mol. The van der Waals surface area contributed by atoms with Gasteiger partial charge in [-0.15, -0.1) is 0 Å². The molecule has 0 unspecified atom stereocenters. The van der Waals surface area contributed by atoms with E-state index < -0.39 is 11.7 Å². The van der Waals surface area contributed by atoms with Crippen molar-refractivity contribution in [2.45, 2.75) is 12.6 Å². The normalized spacial score (nSPS) is 12.2. The largest absolute Gasteiger partial charge is 0.416 e. The molecule has 0 aliphatic rings. The van der Waals surface area contributed by atoms with Crippen LogP contribution in [0.3, 0.4) is 0 Å². The van der Waals surface area contributed by atoms with Crippen molar-refractivity contribution < 1.29 is 13.2 Å². The lowest BCUT2D eigenvalue weighted by molar-refractivity contribution is -0.137. The van der Waals surface area contributed by atoms with Crippen LogP contribution in [0.2, 0.25) is 0 Å². The van der Waals surface area contributed by atoms with Crippen molar-refractivity contribution in [1.29, 1.82) is 0 Å². The van der Waals surface area contributed by atoms with Gasteiger partial charge in [-0.1, -0.05) is 0 Å². The summed E-state index contributed by atoms with van der Waals surface area (Å²) in [6, 6.07) is 3.52. The molecular formula is C11H12F3N3. The Morgan fingerprint density at radius 2 is 2.12 bits per heavy atom. The van der Waals surface area contributed by atoms with Crippen molar-refractivity contribution in [1.82, 2.24) is 15.3 Å². The minimum Gasteiger partial charge on any atom is -0.342 e. The summed E-state index contributed by atoms with van der Waals surface area (Å²) in [5, 5.41) is 2.96. The number of hydrogen-bond donors (Lipinski definition) is 2. The van der Waals surface area contributed by atoms with Gasteiger partial charge in [0.2, 0.25) is 0 Å². The summed E-state index contributed by atoms with van der Waals surface area (Å²) in [6.07, 6.45) is -3.66. The van der Waals surface area contributed by atoms with Crippen LogP contribution in [0.5, 0.6) is 0 Å². The molecule has 1 aromatic heterocycles. The number of imidazole rings is 1. The molecule has 1 heterocycles. The number of aromatic amines is 1. The first-order valence-electron chi connectivity index (χ1n) is 5.21. The second-order valence-electron chi connectivity index (χ2n) is 3.77. The quantitative estimate of drug-likeness (QED) is 0.868. The number of halogens is 3. The molecule has 1 aromatic carbocycles. The van der Waals surface area contributed by atoms with E-state index >= 15 is 0 Å². The second-order valence-corrected chi connectivity index (χ2v) is 3.77. The van der Waals surface area contributed by atoms with Crippen LogP contribution in [0.25, 0.3) is 11.0 Å². The van der Waals surface area contributed by atoms with Crippen LogP contribution in [0.4, 0.5) is 13.2 Å². The summed E-state index contributed by atoms with van der Waals surface area (Å²) in [4.78, 5) is 7.10. The van der Waals surface area contributed by atoms with E-state index in [1.807, 2.05) is 7.05 Å². The third kappa shape index (κ3) is 2.58. The molecule has 0 spiro atoms. The topological polar surface area (TPSA) is 40.7 Å². The molecule has 0 fully saturated rings. The van der Waals surface area contributed by atoms with Gasteiger partial charge in [-0.25, -0.2) is 4.98 Å². The summed E-state index contributed by atoms with van der Waals surface area (Å²) in [5.41, 5.74) is 0.323. The summed E-state index contributed by atoms with van der Waals surface area (Å²) in [7, 11) is 1.81. The van der Waals surface area contributed by atoms with Gasteiger partial charge in [-0.2, -0.15) is 13.2 Å². The molecule has 0 saturated heterocycles. The number of hydrogen-bond acceptors (Lipinski definition) is 2. The third-order valence-corrected chi connectivity index (χ3v) is 2.47. The highest BCUT2D eigenvalue weighted by molar-refractivity contribution is 5.76. The van der Waals surface area contributed by atoms with Crippen LogP contribution in [0, 0.1) is 0 Å². The summed E-state index contributed by atoms with van der Waals surface area (Å²) >= 11 is 0. The van der Waals surface area contributed by atoms with Gasteiger partial charge in [-0.05, 0) is 25.2 Å². The maximum atomic E-state index is 12.5. The molecule has 0 aliphatic carbocycles. The Kier molecular flexibility index (Phi) is 3.06. The van der Waals surface area contributed by atoms with Gasteiger partial charge >= 0.3 is 6.18 Å². The van der Waals surface area contributed by atoms with E-state index in [4.69, 9.17) is 0 Å². The standard InChI is InChI=1S/C11H12F3N3/c1-15-5-4-10-16-8-3-2-7(11(12,13)14)6-9(8)17-10/h2-3,6,15H,4-5H2,1H3,(H,16,17). The fourth-order valence-electron chi connectivity index (χ4n) is 1.60. The lowest BCUT2D eigenvalue weighted by Gasteiger charge is -2.05. The fraction of sp³-hybridized carbons (Fsp3) is 0.364. The Labute approximate surface area is 96.0 Å². The summed E-state index contributed by atoms with van der Waals surface area (Å²) in [6.45, 7) is 0.728. The molecule has 0 atom stereocenters. The SMILES string of the molecule is CNCCc1nc2ccc(C(F)(F)F)cc2[nH]1. The Morgan fingerprint density at radius 3 is 2.76 bits per heavy atom. The van der Waals surface area contributed by atoms with E-state index in [1.165, 1.54) is 6.07 Å². The van der Waals surface area contributed by atoms with E-state index in [9.17, 15) is 13.2 Å². The van der Waals surface area contributed by atoms with Gasteiger partial charge in [0.1, 0.15) is 5.82 Å². The summed E-state index contributed by atoms with van der Waals surface area (Å²) < 4.78 is 37.4. The number of rotatable bonds is 3. The van der Waals surface area contributed by atoms with E-state index in [0.29, 0.717) is 23.3 Å². The molecule has 0 bridgehead atoms. The van der Waals surface area contributed by atoms with Crippen LogP contribution >= 0.6 is 0 Å². The van der Waals surface area contributed by atoms with Crippen LogP contribution in [0.1, 0.15) is 11.4 Å². The number of H-pyrrole nitrogens is 1. The van der Waals surface area contributed by atoms with Crippen molar-refractivity contribution in [3.05, 3.63) is 29.6 Å². The minimum atomic E-state index is -4.32. The van der Waals surface area contributed by atoms with Crippen LogP contribution in [0.15, 0.2) is 18.2 Å². The first kappa shape index (κ1) is 11.9. The molecule has 3 nitrogen and oxygen atoms in total. The Balaban J connectivity index is 2.34. The van der Waals surface area contributed by atoms with Gasteiger partial charge in [0, 0.05) is 13.0 Å². The van der Waals surface area contributed by atoms with Gasteiger partial charge in [0.05, 0.1) is 16.6 Å². The number of aromatic nitrogens is 2. The Hall–Kier alpha value is -1.56. The maximum Gasteiger partial charge on any atom is 0.416 e. The summed E-state index contributed by atoms with van der Waals surface area (Å²) in [5.74, 6) is 0.689. The maximum absolute atomic E-state index is 12.5. The first-order chi connectivity index (χ1) is 8.00. The van der Waals surface area contributed by atoms with Gasteiger partial charge in [0.15, 0.2) is 0 Å². The van der Waals surface area contributed by atoms with E-state index in [1.54, 1.807) is 0 Å². The zero-order chi connectivity index (χ0) is 12.5. The van der Waals surface area contributed by atoms with Gasteiger partial charge in [0.25, 0.3) is 0 Å². The van der Waals surface area contributed by atoms with Crippen molar-refractivity contribution in [3.8, 4) is 0 Å². The van der Waals surface area contributed by atoms with Crippen molar-refractivity contribution in [2.24, 2.45) is 0 Å². The van der Waals surface area contributed by atoms with Crippen LogP contribution in [-0.2, 0) is 12.6 Å². The highest BCUT2D eigenvalue weighted by Crippen LogP contribution is 2.30. The fourth-order valence-corrected chi connectivity index (χ4v) is 1.60. The second kappa shape index (κ2) is 4.37. The molecule has 92 valence electrons. The zero-order valence-corrected chi connectivity index (χ0v) is 9.23. The number of fused-ring (bicyclic) bond motifs is 1. The van der Waals surface area contributed by atoms with Crippen molar-refractivity contribution in [3.63, 3.8) is 0 Å². The number of likely N-dealkylation sites (N-methyl/N-ethyl adjacent to an activating group) is 1. The predicted molar refractivity (Wildman–Crippen MR) is 58.7 cm³/mol. The van der Waals surface area contributed by atoms with E-state index in [2.05, 4.69) is 15.3 Å². The molecule has 6 heteroatoms. The Bertz CT molecular complexity index is 516. The first-order valence-corrected chi connectivity index (χ1v) is 5.21. The third-order valence-electron chi connectivity index (χ3n) is 2.47. The molecule has 2 rings (SSSR count). The molecule has 17 heavy (non-hydrogen) atoms. The Morgan fingerprint density at radius 1 is 1.35 bits per heavy atom. The molecule has 2 N–H and O–H groups in total. The number of nitrogens with one attached hydrogen (secondary N) is 2. The average Bonchev–Trinajstić information content (AvgIpc) is 2.66. The smallest absolute Gasteiger partial charge is 0.342 e. The number of nitrogens with zero attached hydrogens (tertiary/aromatic N) is 1. The van der Waals surface area contributed by atoms with Crippen LogP contribution in [-0.4, -0.2) is 23.6 Å². The highest BCUT2D eigenvalue weighted by Gasteiger charge is 2.30. The molecule has 0 saturated carbocycles. The lowest BCUT2D eigenvalue weighted by atomic mass is 10.2. The number of alkyl halides is 3. The number of benzene rings is 1. The van der Waals surface area contributed by atoms with Crippen LogP contribution < -0.4 is 5.32 Å². The van der Waals surface area contributed by atoms with Crippen molar-refractivity contribution >= 4 is 11.0 Å². The average molecular weight is 243 g/mol. The monoisotopic (exact) mass is 243 g/mol. The molecule has 2 aromatic rings. The lowest BCUT2D eigenvalue weighted by Crippen LogP contribution is -2.10. The van der Waals surface area contributed by atoms with Gasteiger partial charge < -0.3 is 10.3 Å². The highest BCUT2D eigenvalue weighted by atomic mass is 19.4. The molecule has 0 aliphatic heterocycles. The zero-order valence-electron chi connectivity index (χ0n) is 9.23. The molecule has 0 amide bonds. The van der Waals surface area contributed by atoms with Gasteiger partial charge in [-0.3, -0.25) is 0 Å².